The zero-order valence-corrected chi connectivity index (χ0v) is 13.6. The van der Waals surface area contributed by atoms with Crippen molar-refractivity contribution in [3.8, 4) is 0 Å². The van der Waals surface area contributed by atoms with E-state index in [1.54, 1.807) is 6.92 Å². The van der Waals surface area contributed by atoms with Crippen LogP contribution in [0.15, 0.2) is 11.3 Å². The van der Waals surface area contributed by atoms with Crippen molar-refractivity contribution < 1.29 is 23.9 Å². The molecule has 0 saturated heterocycles. The average molecular weight is 324 g/mol. The smallest absolute Gasteiger partial charge is 0.338 e. The van der Waals surface area contributed by atoms with Crippen molar-refractivity contribution in [2.45, 2.75) is 52.0 Å². The molecule has 2 aliphatic rings. The number of nitrogens with one attached hydrogen (secondary N) is 2. The van der Waals surface area contributed by atoms with Gasteiger partial charge in [0.2, 0.25) is 0 Å². The molecule has 0 aromatic carbocycles. The molecule has 1 aliphatic heterocycles. The summed E-state index contributed by atoms with van der Waals surface area (Å²) in [5.41, 5.74) is 0.638. The van der Waals surface area contributed by atoms with E-state index in [0.717, 1.165) is 25.7 Å². The van der Waals surface area contributed by atoms with E-state index in [1.165, 1.54) is 0 Å². The first-order chi connectivity index (χ1) is 11.1. The van der Waals surface area contributed by atoms with E-state index in [0.29, 0.717) is 17.7 Å². The van der Waals surface area contributed by atoms with Gasteiger partial charge in [-0.1, -0.05) is 19.8 Å². The number of carbonyl (C=O) groups is 3. The van der Waals surface area contributed by atoms with E-state index in [2.05, 4.69) is 10.6 Å². The average Bonchev–Trinajstić information content (AvgIpc) is 3.06. The fourth-order valence-electron chi connectivity index (χ4n) is 3.00. The number of esters is 2. The number of amides is 2. The third-order valence-electron chi connectivity index (χ3n) is 4.19. The topological polar surface area (TPSA) is 93.7 Å². The van der Waals surface area contributed by atoms with Gasteiger partial charge >= 0.3 is 18.0 Å². The molecule has 128 valence electrons. The number of hydrogen-bond acceptors (Lipinski definition) is 5. The highest BCUT2D eigenvalue weighted by molar-refractivity contribution is 5.94. The summed E-state index contributed by atoms with van der Waals surface area (Å²) < 4.78 is 10.4. The second-order valence-electron chi connectivity index (χ2n) is 5.76. The summed E-state index contributed by atoms with van der Waals surface area (Å²) in [6.07, 6.45) is 4.30. The predicted molar refractivity (Wildman–Crippen MR) is 82.3 cm³/mol. The van der Waals surface area contributed by atoms with Crippen molar-refractivity contribution in [3.05, 3.63) is 11.3 Å². The van der Waals surface area contributed by atoms with Crippen molar-refractivity contribution in [2.75, 3.05) is 13.2 Å². The van der Waals surface area contributed by atoms with Crippen molar-refractivity contribution >= 4 is 18.0 Å². The van der Waals surface area contributed by atoms with Crippen LogP contribution in [-0.4, -0.2) is 37.2 Å². The van der Waals surface area contributed by atoms with Crippen LogP contribution in [0.25, 0.3) is 0 Å². The van der Waals surface area contributed by atoms with Crippen LogP contribution in [0.3, 0.4) is 0 Å². The third kappa shape index (κ3) is 4.24. The summed E-state index contributed by atoms with van der Waals surface area (Å²) in [5.74, 6) is -0.834. The molecule has 0 unspecified atom stereocenters. The number of urea groups is 1. The summed E-state index contributed by atoms with van der Waals surface area (Å²) in [6.45, 7) is 3.70. The Kier molecular flexibility index (Phi) is 6.01. The molecule has 2 amide bonds. The van der Waals surface area contributed by atoms with Crippen molar-refractivity contribution in [2.24, 2.45) is 5.92 Å². The predicted octanol–water partition coefficient (Wildman–Crippen LogP) is 1.63. The Morgan fingerprint density at radius 2 is 1.87 bits per heavy atom. The maximum Gasteiger partial charge on any atom is 0.338 e. The molecule has 1 heterocycles. The molecule has 1 aliphatic carbocycles. The molecular formula is C16H24N2O5. The van der Waals surface area contributed by atoms with Crippen molar-refractivity contribution in [3.63, 3.8) is 0 Å². The van der Waals surface area contributed by atoms with Gasteiger partial charge in [0, 0.05) is 0 Å². The van der Waals surface area contributed by atoms with Gasteiger partial charge in [-0.15, -0.1) is 0 Å². The van der Waals surface area contributed by atoms with Crippen molar-refractivity contribution in [1.82, 2.24) is 10.6 Å². The number of hydrogen-bond donors (Lipinski definition) is 2. The van der Waals surface area contributed by atoms with Gasteiger partial charge in [0.1, 0.15) is 6.61 Å². The number of carbonyl (C=O) groups excluding carboxylic acids is 3. The minimum Gasteiger partial charge on any atom is -0.463 e. The quantitative estimate of drug-likeness (QED) is 0.724. The van der Waals surface area contributed by atoms with E-state index < -0.39 is 18.0 Å². The first kappa shape index (κ1) is 17.3. The Balaban J connectivity index is 2.12. The molecule has 1 saturated carbocycles. The zero-order valence-electron chi connectivity index (χ0n) is 13.6. The molecule has 7 heteroatoms. The minimum atomic E-state index is -0.501. The van der Waals surface area contributed by atoms with Crippen molar-refractivity contribution in [1.29, 1.82) is 0 Å². The lowest BCUT2D eigenvalue weighted by Gasteiger charge is -2.28. The van der Waals surface area contributed by atoms with Gasteiger partial charge in [-0.2, -0.15) is 0 Å². The molecule has 0 aromatic rings. The first-order valence-electron chi connectivity index (χ1n) is 8.21. The fraction of sp³-hybridized carbons (Fsp3) is 0.688. The zero-order chi connectivity index (χ0) is 16.8. The Labute approximate surface area is 135 Å². The van der Waals surface area contributed by atoms with Gasteiger partial charge in [-0.3, -0.25) is 4.79 Å². The molecule has 2 N–H and O–H groups in total. The van der Waals surface area contributed by atoms with Gasteiger partial charge in [0.05, 0.1) is 29.8 Å². The highest BCUT2D eigenvalue weighted by Gasteiger charge is 2.32. The van der Waals surface area contributed by atoms with Crippen LogP contribution in [0.4, 0.5) is 4.79 Å². The lowest BCUT2D eigenvalue weighted by Crippen LogP contribution is -2.51. The van der Waals surface area contributed by atoms with E-state index in [-0.39, 0.29) is 25.1 Å². The van der Waals surface area contributed by atoms with Gasteiger partial charge in [-0.05, 0) is 26.2 Å². The van der Waals surface area contributed by atoms with Gasteiger partial charge in [-0.25, -0.2) is 9.59 Å². The van der Waals surface area contributed by atoms with E-state index in [1.807, 2.05) is 6.92 Å². The summed E-state index contributed by atoms with van der Waals surface area (Å²) in [4.78, 5) is 35.9. The van der Waals surface area contributed by atoms with Gasteiger partial charge in [0.25, 0.3) is 0 Å². The number of rotatable bonds is 6. The molecule has 1 fully saturated rings. The van der Waals surface area contributed by atoms with Crippen LogP contribution in [-0.2, 0) is 19.1 Å². The van der Waals surface area contributed by atoms with Crippen LogP contribution < -0.4 is 10.6 Å². The molecule has 0 aromatic heterocycles. The molecule has 0 spiro atoms. The van der Waals surface area contributed by atoms with Gasteiger partial charge in [0.15, 0.2) is 0 Å². The van der Waals surface area contributed by atoms with E-state index in [4.69, 9.17) is 9.47 Å². The molecular weight excluding hydrogens is 300 g/mol. The van der Waals surface area contributed by atoms with Crippen LogP contribution in [0.2, 0.25) is 0 Å². The maximum absolute atomic E-state index is 12.2. The lowest BCUT2D eigenvalue weighted by atomic mass is 10.0. The second kappa shape index (κ2) is 7.99. The fourth-order valence-corrected chi connectivity index (χ4v) is 3.00. The summed E-state index contributed by atoms with van der Waals surface area (Å²) >= 11 is 0. The molecule has 0 bridgehead atoms. The van der Waals surface area contributed by atoms with E-state index in [9.17, 15) is 14.4 Å². The lowest BCUT2D eigenvalue weighted by molar-refractivity contribution is -0.147. The molecule has 7 nitrogen and oxygen atoms in total. The Morgan fingerprint density at radius 3 is 2.48 bits per heavy atom. The van der Waals surface area contributed by atoms with Crippen LogP contribution in [0.1, 0.15) is 46.0 Å². The third-order valence-corrected chi connectivity index (χ3v) is 4.19. The Bertz CT molecular complexity index is 509. The largest absolute Gasteiger partial charge is 0.463 e. The normalized spacial score (nSPS) is 21.7. The molecule has 23 heavy (non-hydrogen) atoms. The van der Waals surface area contributed by atoms with Crippen LogP contribution in [0, 0.1) is 5.92 Å². The molecule has 1 atom stereocenters. The minimum absolute atomic E-state index is 0.0685. The Hall–Kier alpha value is -2.05. The van der Waals surface area contributed by atoms with Gasteiger partial charge < -0.3 is 20.1 Å². The van der Waals surface area contributed by atoms with E-state index >= 15 is 0 Å². The maximum atomic E-state index is 12.2. The van der Waals surface area contributed by atoms with Crippen LogP contribution in [0.5, 0.6) is 0 Å². The molecule has 2 rings (SSSR count). The first-order valence-corrected chi connectivity index (χ1v) is 8.21. The second-order valence-corrected chi connectivity index (χ2v) is 5.76. The summed E-state index contributed by atoms with van der Waals surface area (Å²) in [7, 11) is 0. The van der Waals surface area contributed by atoms with Crippen LogP contribution >= 0.6 is 0 Å². The standard InChI is InChI=1S/C16H24N2O5/c1-3-11-13(15(20)22-4-2)12(18-16(21)17-11)9-23-14(19)10-7-5-6-8-10/h10-11H,3-9H2,1-2H3,(H2,17,18,21)/t11-/m1/s1. The monoisotopic (exact) mass is 324 g/mol. The molecule has 0 radical (unpaired) electrons. The SMILES string of the molecule is CCOC(=O)C1=C(COC(=O)C2CCCC2)NC(=O)N[C@@H]1CC. The Morgan fingerprint density at radius 1 is 1.17 bits per heavy atom. The highest BCUT2D eigenvalue weighted by Crippen LogP contribution is 2.26. The number of ether oxygens (including phenoxy) is 2. The summed E-state index contributed by atoms with van der Waals surface area (Å²) in [6, 6.07) is -0.847. The highest BCUT2D eigenvalue weighted by atomic mass is 16.5. The summed E-state index contributed by atoms with van der Waals surface area (Å²) in [5, 5.41) is 5.25.